The van der Waals surface area contributed by atoms with Crippen LogP contribution in [-0.4, -0.2) is 48.9 Å². The molecular weight excluding hydrogens is 395 g/mol. The van der Waals surface area contributed by atoms with Gasteiger partial charge < -0.3 is 20.3 Å². The second kappa shape index (κ2) is 8.55. The smallest absolute Gasteiger partial charge is 0.410 e. The number of anilines is 2. The molecule has 2 heterocycles. The number of alkyl halides is 3. The fourth-order valence-corrected chi connectivity index (χ4v) is 4.30. The van der Waals surface area contributed by atoms with E-state index in [0.29, 0.717) is 37.4 Å². The predicted molar refractivity (Wildman–Crippen MR) is 112 cm³/mol. The number of piperidine rings is 2. The van der Waals surface area contributed by atoms with Gasteiger partial charge in [0.2, 0.25) is 0 Å². The van der Waals surface area contributed by atoms with Crippen molar-refractivity contribution in [1.82, 2.24) is 4.90 Å². The molecule has 30 heavy (non-hydrogen) atoms. The van der Waals surface area contributed by atoms with Gasteiger partial charge in [-0.05, 0) is 70.1 Å². The number of benzene rings is 1. The summed E-state index contributed by atoms with van der Waals surface area (Å²) in [5.74, 6) is -1.04. The van der Waals surface area contributed by atoms with Crippen LogP contribution in [0.25, 0.3) is 0 Å². The summed E-state index contributed by atoms with van der Waals surface area (Å²) in [7, 11) is 0. The number of nitrogens with two attached hydrogens (primary N) is 1. The first kappa shape index (κ1) is 22.6. The topological polar surface area (TPSA) is 58.8 Å². The first-order valence-corrected chi connectivity index (χ1v) is 10.6. The number of likely N-dealkylation sites (tertiary alicyclic amines) is 1. The molecule has 1 atom stereocenters. The Labute approximate surface area is 176 Å². The number of halogens is 3. The van der Waals surface area contributed by atoms with Gasteiger partial charge in [0, 0.05) is 26.2 Å². The molecule has 0 saturated carbocycles. The molecule has 2 aliphatic heterocycles. The maximum absolute atomic E-state index is 13.1. The third kappa shape index (κ3) is 5.52. The minimum atomic E-state index is -4.17. The van der Waals surface area contributed by atoms with Gasteiger partial charge in [0.1, 0.15) is 5.60 Å². The van der Waals surface area contributed by atoms with Crippen molar-refractivity contribution in [2.45, 2.75) is 64.1 Å². The predicted octanol–water partition coefficient (Wildman–Crippen LogP) is 5.16. The molecule has 0 spiro atoms. The van der Waals surface area contributed by atoms with E-state index in [1.807, 2.05) is 39.0 Å². The fraction of sp³-hybridized carbons (Fsp3) is 0.682. The number of rotatable bonds is 2. The van der Waals surface area contributed by atoms with Gasteiger partial charge in [-0.15, -0.1) is 0 Å². The third-order valence-corrected chi connectivity index (χ3v) is 5.89. The molecule has 168 valence electrons. The van der Waals surface area contributed by atoms with Crippen molar-refractivity contribution in [3.8, 4) is 0 Å². The van der Waals surface area contributed by atoms with Gasteiger partial charge in [0.15, 0.2) is 0 Å². The molecule has 2 saturated heterocycles. The highest BCUT2D eigenvalue weighted by molar-refractivity contribution is 5.69. The molecule has 1 amide bonds. The van der Waals surface area contributed by atoms with Crippen LogP contribution < -0.4 is 10.6 Å². The van der Waals surface area contributed by atoms with Crippen molar-refractivity contribution in [3.63, 3.8) is 0 Å². The number of carbonyl (C=O) groups excluding carboxylic acids is 1. The van der Waals surface area contributed by atoms with E-state index in [-0.39, 0.29) is 25.0 Å². The van der Waals surface area contributed by atoms with Crippen LogP contribution in [0, 0.1) is 5.92 Å². The van der Waals surface area contributed by atoms with Crippen LogP contribution in [0.4, 0.5) is 29.3 Å². The molecule has 0 bridgehead atoms. The zero-order valence-corrected chi connectivity index (χ0v) is 18.0. The minimum absolute atomic E-state index is 0.0404. The number of nitrogens with zero attached hydrogens (tertiary/aromatic N) is 2. The lowest BCUT2D eigenvalue weighted by Crippen LogP contribution is -2.42. The summed E-state index contributed by atoms with van der Waals surface area (Å²) in [6, 6.07) is 5.71. The van der Waals surface area contributed by atoms with Gasteiger partial charge in [-0.25, -0.2) is 4.79 Å². The highest BCUT2D eigenvalue weighted by atomic mass is 19.4. The molecule has 5 nitrogen and oxygen atoms in total. The van der Waals surface area contributed by atoms with Crippen LogP contribution in [0.2, 0.25) is 0 Å². The molecule has 2 fully saturated rings. The fourth-order valence-electron chi connectivity index (χ4n) is 4.30. The number of amides is 1. The Balaban J connectivity index is 1.62. The zero-order chi connectivity index (χ0) is 22.1. The minimum Gasteiger partial charge on any atom is -0.444 e. The van der Waals surface area contributed by atoms with Gasteiger partial charge in [-0.2, -0.15) is 13.2 Å². The quantitative estimate of drug-likeness (QED) is 0.662. The van der Waals surface area contributed by atoms with Gasteiger partial charge in [0.25, 0.3) is 0 Å². The maximum atomic E-state index is 13.1. The van der Waals surface area contributed by atoms with Crippen molar-refractivity contribution in [1.29, 1.82) is 0 Å². The summed E-state index contributed by atoms with van der Waals surface area (Å²) in [6.45, 7) is 7.32. The molecule has 0 aliphatic carbocycles. The van der Waals surface area contributed by atoms with E-state index in [2.05, 4.69) is 0 Å². The van der Waals surface area contributed by atoms with Gasteiger partial charge in [0.05, 0.1) is 17.3 Å². The molecule has 1 aromatic rings. The van der Waals surface area contributed by atoms with Crippen molar-refractivity contribution < 1.29 is 22.7 Å². The van der Waals surface area contributed by atoms with Crippen molar-refractivity contribution in [3.05, 3.63) is 23.8 Å². The van der Waals surface area contributed by atoms with Crippen molar-refractivity contribution in [2.24, 2.45) is 5.92 Å². The van der Waals surface area contributed by atoms with Crippen LogP contribution in [0.15, 0.2) is 18.2 Å². The van der Waals surface area contributed by atoms with Crippen molar-refractivity contribution in [2.75, 3.05) is 36.8 Å². The summed E-state index contributed by atoms with van der Waals surface area (Å²) in [4.78, 5) is 15.7. The Hall–Kier alpha value is -2.12. The Kier molecular flexibility index (Phi) is 6.43. The van der Waals surface area contributed by atoms with E-state index >= 15 is 0 Å². The molecule has 2 N–H and O–H groups in total. The van der Waals surface area contributed by atoms with Crippen LogP contribution in [0.5, 0.6) is 0 Å². The van der Waals surface area contributed by atoms with E-state index in [4.69, 9.17) is 10.5 Å². The molecule has 1 aromatic carbocycles. The van der Waals surface area contributed by atoms with E-state index in [1.165, 1.54) is 0 Å². The maximum Gasteiger partial charge on any atom is 0.410 e. The lowest BCUT2D eigenvalue weighted by Gasteiger charge is -2.36. The molecule has 0 aromatic heterocycles. The summed E-state index contributed by atoms with van der Waals surface area (Å²) in [5, 5.41) is 0. The molecule has 0 radical (unpaired) electrons. The second-order valence-corrected chi connectivity index (χ2v) is 9.39. The summed E-state index contributed by atoms with van der Waals surface area (Å²) < 4.78 is 44.8. The Morgan fingerprint density at radius 3 is 2.33 bits per heavy atom. The monoisotopic (exact) mass is 427 g/mol. The molecule has 3 rings (SSSR count). The van der Waals surface area contributed by atoms with Crippen LogP contribution >= 0.6 is 0 Å². The average molecular weight is 428 g/mol. The molecule has 1 unspecified atom stereocenters. The van der Waals surface area contributed by atoms with Gasteiger partial charge >= 0.3 is 12.3 Å². The Morgan fingerprint density at radius 1 is 1.10 bits per heavy atom. The van der Waals surface area contributed by atoms with E-state index in [0.717, 1.165) is 18.4 Å². The second-order valence-electron chi connectivity index (χ2n) is 9.39. The Bertz CT molecular complexity index is 753. The lowest BCUT2D eigenvalue weighted by atomic mass is 9.88. The first-order chi connectivity index (χ1) is 13.9. The standard InChI is InChI=1S/C22H32F3N3O2/c1-21(2,3)30-20(29)27-11-8-15(9-12-27)16-6-7-19(18(26)13-16)28-10-4-5-17(14-28)22(23,24)25/h6-7,13,15,17H,4-5,8-12,14,26H2,1-3H3. The number of hydrogen-bond donors (Lipinski definition) is 1. The largest absolute Gasteiger partial charge is 0.444 e. The third-order valence-electron chi connectivity index (χ3n) is 5.89. The van der Waals surface area contributed by atoms with E-state index in [1.54, 1.807) is 9.80 Å². The van der Waals surface area contributed by atoms with E-state index < -0.39 is 17.7 Å². The van der Waals surface area contributed by atoms with Gasteiger partial charge in [-0.1, -0.05) is 6.07 Å². The highest BCUT2D eigenvalue weighted by Gasteiger charge is 2.42. The van der Waals surface area contributed by atoms with Crippen molar-refractivity contribution >= 4 is 17.5 Å². The number of hydrogen-bond acceptors (Lipinski definition) is 4. The molecule has 8 heteroatoms. The zero-order valence-electron chi connectivity index (χ0n) is 18.0. The molecular formula is C22H32F3N3O2. The van der Waals surface area contributed by atoms with Crippen LogP contribution in [0.1, 0.15) is 57.9 Å². The normalized spacial score (nSPS) is 21.6. The van der Waals surface area contributed by atoms with Crippen LogP contribution in [-0.2, 0) is 4.74 Å². The average Bonchev–Trinajstić information content (AvgIpc) is 2.66. The first-order valence-electron chi connectivity index (χ1n) is 10.6. The van der Waals surface area contributed by atoms with Gasteiger partial charge in [-0.3, -0.25) is 0 Å². The molecule has 2 aliphatic rings. The SMILES string of the molecule is CC(C)(C)OC(=O)N1CCC(c2ccc(N3CCCC(C(F)(F)F)C3)c(N)c2)CC1. The summed E-state index contributed by atoms with van der Waals surface area (Å²) in [5.41, 5.74) is 8.01. The number of ether oxygens (including phenoxy) is 1. The summed E-state index contributed by atoms with van der Waals surface area (Å²) in [6.07, 6.45) is -2.17. The van der Waals surface area contributed by atoms with Crippen LogP contribution in [0.3, 0.4) is 0 Å². The highest BCUT2D eigenvalue weighted by Crippen LogP contribution is 2.38. The number of carbonyl (C=O) groups is 1. The summed E-state index contributed by atoms with van der Waals surface area (Å²) >= 11 is 0. The number of nitrogen functional groups attached to an aromatic ring is 1. The lowest BCUT2D eigenvalue weighted by molar-refractivity contribution is -0.175. The Morgan fingerprint density at radius 2 is 1.77 bits per heavy atom. The van der Waals surface area contributed by atoms with E-state index in [9.17, 15) is 18.0 Å².